The lowest BCUT2D eigenvalue weighted by Gasteiger charge is -2.10. The molecular formula is C14H16N6OS. The normalized spacial score (nSPS) is 12.7. The van der Waals surface area contributed by atoms with E-state index in [0.717, 1.165) is 10.7 Å². The number of rotatable bonds is 4. The number of hydrogen-bond acceptors (Lipinski definition) is 6. The minimum Gasteiger partial charge on any atom is -0.340 e. The minimum absolute atomic E-state index is 0.246. The summed E-state index contributed by atoms with van der Waals surface area (Å²) in [5, 5.41) is 20.3. The van der Waals surface area contributed by atoms with Crippen LogP contribution in [0.15, 0.2) is 24.4 Å². The van der Waals surface area contributed by atoms with E-state index in [2.05, 4.69) is 25.7 Å². The van der Waals surface area contributed by atoms with Crippen LogP contribution in [-0.4, -0.2) is 30.7 Å². The fourth-order valence-corrected chi connectivity index (χ4v) is 2.79. The lowest BCUT2D eigenvalue weighted by Crippen LogP contribution is -2.27. The third-order valence-corrected chi connectivity index (χ3v) is 4.43. The number of pyridine rings is 1. The summed E-state index contributed by atoms with van der Waals surface area (Å²) in [6.45, 7) is 5.91. The van der Waals surface area contributed by atoms with Gasteiger partial charge < -0.3 is 5.32 Å². The maximum Gasteiger partial charge on any atom is 0.282 e. The second-order valence-electron chi connectivity index (χ2n) is 5.28. The average Bonchev–Trinajstić information content (AvgIpc) is 3.14. The molecule has 0 aliphatic heterocycles. The van der Waals surface area contributed by atoms with Crippen LogP contribution in [0, 0.1) is 0 Å². The van der Waals surface area contributed by atoms with E-state index in [1.165, 1.54) is 11.3 Å². The second-order valence-corrected chi connectivity index (χ2v) is 6.29. The van der Waals surface area contributed by atoms with Gasteiger partial charge in [-0.05, 0) is 19.1 Å². The molecule has 1 atom stereocenters. The molecule has 114 valence electrons. The number of carbonyl (C=O) groups excluding carboxylic acids is 1. The van der Waals surface area contributed by atoms with E-state index >= 15 is 0 Å². The summed E-state index contributed by atoms with van der Waals surface area (Å²) in [5.41, 5.74) is 0.747. The highest BCUT2D eigenvalue weighted by Gasteiger charge is 2.20. The maximum atomic E-state index is 12.3. The molecule has 0 unspecified atom stereocenters. The van der Waals surface area contributed by atoms with Crippen LogP contribution >= 0.6 is 11.3 Å². The predicted molar refractivity (Wildman–Crippen MR) is 82.9 cm³/mol. The van der Waals surface area contributed by atoms with Crippen molar-refractivity contribution in [2.24, 2.45) is 0 Å². The topological polar surface area (TPSA) is 85.1 Å². The lowest BCUT2D eigenvalue weighted by molar-refractivity contribution is 0.0937. The van der Waals surface area contributed by atoms with E-state index in [-0.39, 0.29) is 17.9 Å². The Bertz CT molecular complexity index is 808. The molecular weight excluding hydrogens is 300 g/mol. The highest BCUT2D eigenvalue weighted by Crippen LogP contribution is 2.19. The first kappa shape index (κ1) is 14.6. The molecule has 3 rings (SSSR count). The van der Waals surface area contributed by atoms with E-state index in [0.29, 0.717) is 10.8 Å². The highest BCUT2D eigenvalue weighted by molar-refractivity contribution is 7.13. The van der Waals surface area contributed by atoms with Crippen LogP contribution in [-0.2, 0) is 0 Å². The molecule has 3 aromatic heterocycles. The number of nitrogens with one attached hydrogen (secondary N) is 1. The Balaban J connectivity index is 1.78. The number of fused-ring (bicyclic) bond motifs is 1. The molecule has 0 saturated carbocycles. The van der Waals surface area contributed by atoms with Crippen molar-refractivity contribution in [3.05, 3.63) is 40.2 Å². The number of carbonyl (C=O) groups is 1. The van der Waals surface area contributed by atoms with Crippen molar-refractivity contribution in [1.82, 2.24) is 30.1 Å². The predicted octanol–water partition coefficient (Wildman–Crippen LogP) is 2.20. The molecule has 0 aliphatic carbocycles. The van der Waals surface area contributed by atoms with Crippen LogP contribution in [0.4, 0.5) is 0 Å². The Morgan fingerprint density at radius 2 is 2.00 bits per heavy atom. The van der Waals surface area contributed by atoms with E-state index < -0.39 is 0 Å². The van der Waals surface area contributed by atoms with Crippen LogP contribution in [0.5, 0.6) is 0 Å². The number of aromatic nitrogens is 5. The summed E-state index contributed by atoms with van der Waals surface area (Å²) in [4.78, 5) is 12.3. The van der Waals surface area contributed by atoms with Crippen LogP contribution in [0.1, 0.15) is 53.4 Å². The van der Waals surface area contributed by atoms with Gasteiger partial charge >= 0.3 is 0 Å². The van der Waals surface area contributed by atoms with Crippen molar-refractivity contribution in [3.63, 3.8) is 0 Å². The zero-order valence-electron chi connectivity index (χ0n) is 12.5. The molecule has 7 nitrogen and oxygen atoms in total. The third kappa shape index (κ3) is 2.69. The van der Waals surface area contributed by atoms with Gasteiger partial charge in [0.25, 0.3) is 5.91 Å². The van der Waals surface area contributed by atoms with Crippen molar-refractivity contribution in [2.75, 3.05) is 0 Å². The van der Waals surface area contributed by atoms with E-state index in [9.17, 15) is 4.79 Å². The molecule has 0 aliphatic rings. The van der Waals surface area contributed by atoms with Gasteiger partial charge in [0.15, 0.2) is 11.5 Å². The Labute approximate surface area is 131 Å². The van der Waals surface area contributed by atoms with Gasteiger partial charge in [-0.1, -0.05) is 31.3 Å². The van der Waals surface area contributed by atoms with Gasteiger partial charge in [-0.3, -0.25) is 9.20 Å². The lowest BCUT2D eigenvalue weighted by atomic mass is 10.2. The standard InChI is InChI=1S/C14H16N6OS/c1-8(2)13-18-19-14(22-13)12(21)15-9(3)11-17-16-10-6-4-5-7-20(10)11/h4-9H,1-3H3,(H,15,21)/t9-/m0/s1. The monoisotopic (exact) mass is 316 g/mol. The van der Waals surface area contributed by atoms with Gasteiger partial charge in [0.05, 0.1) is 6.04 Å². The minimum atomic E-state index is -0.281. The molecule has 1 amide bonds. The zero-order chi connectivity index (χ0) is 15.7. The molecule has 22 heavy (non-hydrogen) atoms. The van der Waals surface area contributed by atoms with Gasteiger partial charge in [-0.25, -0.2) is 0 Å². The molecule has 3 heterocycles. The molecule has 0 radical (unpaired) electrons. The SMILES string of the molecule is CC(C)c1nnc(C(=O)N[C@@H](C)c2nnc3ccccn23)s1. The molecule has 3 aromatic rings. The number of hydrogen-bond donors (Lipinski definition) is 1. The van der Waals surface area contributed by atoms with Crippen molar-refractivity contribution < 1.29 is 4.79 Å². The largest absolute Gasteiger partial charge is 0.340 e. The Morgan fingerprint density at radius 3 is 2.73 bits per heavy atom. The Kier molecular flexibility index (Phi) is 3.84. The van der Waals surface area contributed by atoms with Crippen LogP contribution in [0.25, 0.3) is 5.65 Å². The summed E-state index contributed by atoms with van der Waals surface area (Å²) in [7, 11) is 0. The van der Waals surface area contributed by atoms with Crippen molar-refractivity contribution in [2.45, 2.75) is 32.7 Å². The van der Waals surface area contributed by atoms with E-state index in [4.69, 9.17) is 0 Å². The van der Waals surface area contributed by atoms with Gasteiger partial charge in [-0.2, -0.15) is 0 Å². The van der Waals surface area contributed by atoms with E-state index in [1.54, 1.807) is 0 Å². The summed E-state index contributed by atoms with van der Waals surface area (Å²) in [6, 6.07) is 5.38. The van der Waals surface area contributed by atoms with Gasteiger partial charge in [-0.15, -0.1) is 20.4 Å². The molecule has 8 heteroatoms. The van der Waals surface area contributed by atoms with Crippen LogP contribution < -0.4 is 5.32 Å². The fourth-order valence-electron chi connectivity index (χ4n) is 2.04. The first-order valence-corrected chi connectivity index (χ1v) is 7.82. The third-order valence-electron chi connectivity index (χ3n) is 3.20. The van der Waals surface area contributed by atoms with Crippen molar-refractivity contribution >= 4 is 22.9 Å². The van der Waals surface area contributed by atoms with Gasteiger partial charge in [0.2, 0.25) is 5.01 Å². The molecule has 0 aromatic carbocycles. The highest BCUT2D eigenvalue weighted by atomic mass is 32.1. The fraction of sp³-hybridized carbons (Fsp3) is 0.357. The molecule has 0 spiro atoms. The molecule has 1 N–H and O–H groups in total. The van der Waals surface area contributed by atoms with Gasteiger partial charge in [0.1, 0.15) is 5.01 Å². The van der Waals surface area contributed by atoms with Crippen LogP contribution in [0.2, 0.25) is 0 Å². The zero-order valence-corrected chi connectivity index (χ0v) is 13.3. The Morgan fingerprint density at radius 1 is 1.18 bits per heavy atom. The first-order valence-electron chi connectivity index (χ1n) is 7.00. The van der Waals surface area contributed by atoms with E-state index in [1.807, 2.05) is 49.6 Å². The second kappa shape index (κ2) is 5.80. The van der Waals surface area contributed by atoms with Crippen molar-refractivity contribution in [3.8, 4) is 0 Å². The summed E-state index contributed by atoms with van der Waals surface area (Å²) >= 11 is 1.31. The molecule has 0 bridgehead atoms. The molecule has 0 fully saturated rings. The summed E-state index contributed by atoms with van der Waals surface area (Å²) in [5.74, 6) is 0.694. The number of nitrogens with zero attached hydrogens (tertiary/aromatic N) is 5. The van der Waals surface area contributed by atoms with Crippen molar-refractivity contribution in [1.29, 1.82) is 0 Å². The number of amides is 1. The maximum absolute atomic E-state index is 12.3. The summed E-state index contributed by atoms with van der Waals surface area (Å²) < 4.78 is 1.85. The summed E-state index contributed by atoms with van der Waals surface area (Å²) in [6.07, 6.45) is 1.87. The quantitative estimate of drug-likeness (QED) is 0.797. The smallest absolute Gasteiger partial charge is 0.282 e. The first-order chi connectivity index (χ1) is 10.6. The van der Waals surface area contributed by atoms with Gasteiger partial charge in [0, 0.05) is 12.1 Å². The Hall–Kier alpha value is -2.35. The molecule has 0 saturated heterocycles. The van der Waals surface area contributed by atoms with Crippen LogP contribution in [0.3, 0.4) is 0 Å². The average molecular weight is 316 g/mol.